The van der Waals surface area contributed by atoms with Gasteiger partial charge in [-0.25, -0.2) is 13.2 Å². The lowest BCUT2D eigenvalue weighted by atomic mass is 9.56. The van der Waals surface area contributed by atoms with Gasteiger partial charge in [-0.1, -0.05) is 27.2 Å². The maximum Gasteiger partial charge on any atom is 0.194 e. The molecule has 0 saturated heterocycles. The van der Waals surface area contributed by atoms with E-state index in [4.69, 9.17) is 0 Å². The summed E-state index contributed by atoms with van der Waals surface area (Å²) in [4.78, 5) is 12.6. The highest BCUT2D eigenvalue weighted by Gasteiger charge is 2.58. The summed E-state index contributed by atoms with van der Waals surface area (Å²) in [7, 11) is 0. The summed E-state index contributed by atoms with van der Waals surface area (Å²) in [6, 6.07) is 0.871. The van der Waals surface area contributed by atoms with Crippen LogP contribution < -0.4 is 0 Å². The van der Waals surface area contributed by atoms with E-state index < -0.39 is 28.8 Å². The van der Waals surface area contributed by atoms with Crippen LogP contribution in [0.25, 0.3) is 0 Å². The zero-order valence-corrected chi connectivity index (χ0v) is 11.8. The van der Waals surface area contributed by atoms with Crippen molar-refractivity contribution in [3.05, 3.63) is 34.6 Å². The smallest absolute Gasteiger partial charge is 0.194 e. The molecule has 0 N–H and O–H groups in total. The standard InChI is InChI=1S/C16H17F3O/c1-15(2)5-4-6-16(3)10-8(13(20)14(15)16)7-9(17)11(18)12(10)19/h7,14H,4-6H2,1-3H3/t14-,16-/m0/s1. The lowest BCUT2D eigenvalue weighted by Crippen LogP contribution is -2.45. The largest absolute Gasteiger partial charge is 0.294 e. The number of carbonyl (C=O) groups is 1. The van der Waals surface area contributed by atoms with Crippen LogP contribution in [0, 0.1) is 28.8 Å². The minimum absolute atomic E-state index is 0.0314. The molecule has 1 aromatic rings. The van der Waals surface area contributed by atoms with Crippen LogP contribution in [-0.2, 0) is 5.41 Å². The summed E-state index contributed by atoms with van der Waals surface area (Å²) >= 11 is 0. The van der Waals surface area contributed by atoms with Crippen molar-refractivity contribution in [2.75, 3.05) is 0 Å². The first-order valence-corrected chi connectivity index (χ1v) is 6.92. The molecule has 4 heteroatoms. The average Bonchev–Trinajstić information content (AvgIpc) is 2.55. The van der Waals surface area contributed by atoms with E-state index in [-0.39, 0.29) is 22.3 Å². The Bertz CT molecular complexity index is 621. The second-order valence-electron chi connectivity index (χ2n) is 6.97. The lowest BCUT2D eigenvalue weighted by molar-refractivity contribution is 0.0493. The van der Waals surface area contributed by atoms with Crippen LogP contribution in [0.4, 0.5) is 13.2 Å². The summed E-state index contributed by atoms with van der Waals surface area (Å²) in [6.07, 6.45) is 2.34. The van der Waals surface area contributed by atoms with Gasteiger partial charge in [0.1, 0.15) is 0 Å². The van der Waals surface area contributed by atoms with Gasteiger partial charge in [0.25, 0.3) is 0 Å². The monoisotopic (exact) mass is 282 g/mol. The van der Waals surface area contributed by atoms with Crippen molar-refractivity contribution in [1.82, 2.24) is 0 Å². The third kappa shape index (κ3) is 1.48. The molecule has 2 aliphatic carbocycles. The first-order valence-electron chi connectivity index (χ1n) is 6.92. The van der Waals surface area contributed by atoms with Crippen LogP contribution in [0.2, 0.25) is 0 Å². The Balaban J connectivity index is 2.32. The van der Waals surface area contributed by atoms with E-state index in [2.05, 4.69) is 0 Å². The molecular weight excluding hydrogens is 265 g/mol. The molecule has 2 aliphatic rings. The summed E-state index contributed by atoms with van der Waals surface area (Å²) in [5, 5.41) is 0. The van der Waals surface area contributed by atoms with Gasteiger partial charge in [0.15, 0.2) is 23.2 Å². The predicted molar refractivity (Wildman–Crippen MR) is 69.1 cm³/mol. The van der Waals surface area contributed by atoms with Gasteiger partial charge in [-0.2, -0.15) is 0 Å². The Morgan fingerprint density at radius 2 is 1.75 bits per heavy atom. The van der Waals surface area contributed by atoms with Gasteiger partial charge in [0, 0.05) is 22.5 Å². The Morgan fingerprint density at radius 1 is 1.10 bits per heavy atom. The number of hydrogen-bond acceptors (Lipinski definition) is 1. The van der Waals surface area contributed by atoms with E-state index in [1.165, 1.54) is 0 Å². The van der Waals surface area contributed by atoms with Crippen molar-refractivity contribution >= 4 is 5.78 Å². The van der Waals surface area contributed by atoms with Crippen molar-refractivity contribution in [2.24, 2.45) is 11.3 Å². The quantitative estimate of drug-likeness (QED) is 0.645. The zero-order chi connectivity index (χ0) is 14.9. The Hall–Kier alpha value is -1.32. The van der Waals surface area contributed by atoms with E-state index in [1.807, 2.05) is 20.8 Å². The summed E-state index contributed by atoms with van der Waals surface area (Å²) in [6.45, 7) is 5.76. The molecule has 20 heavy (non-hydrogen) atoms. The van der Waals surface area contributed by atoms with E-state index >= 15 is 0 Å². The summed E-state index contributed by atoms with van der Waals surface area (Å²) in [5.41, 5.74) is -0.905. The number of ketones is 1. The van der Waals surface area contributed by atoms with Crippen LogP contribution in [0.15, 0.2) is 6.07 Å². The molecule has 1 fully saturated rings. The third-order valence-corrected chi connectivity index (χ3v) is 5.20. The van der Waals surface area contributed by atoms with E-state index in [0.717, 1.165) is 18.9 Å². The Morgan fingerprint density at radius 3 is 2.40 bits per heavy atom. The summed E-state index contributed by atoms with van der Waals surface area (Å²) in [5.74, 6) is -4.59. The van der Waals surface area contributed by atoms with Crippen LogP contribution in [0.5, 0.6) is 0 Å². The van der Waals surface area contributed by atoms with Crippen molar-refractivity contribution < 1.29 is 18.0 Å². The number of fused-ring (bicyclic) bond motifs is 3. The third-order valence-electron chi connectivity index (χ3n) is 5.20. The average molecular weight is 282 g/mol. The maximum atomic E-state index is 14.2. The highest BCUT2D eigenvalue weighted by Crippen LogP contribution is 2.58. The van der Waals surface area contributed by atoms with Gasteiger partial charge in [-0.05, 0) is 24.3 Å². The van der Waals surface area contributed by atoms with Crippen LogP contribution in [0.3, 0.4) is 0 Å². The molecule has 2 atom stereocenters. The molecule has 1 aromatic carbocycles. The van der Waals surface area contributed by atoms with Crippen molar-refractivity contribution in [3.8, 4) is 0 Å². The fourth-order valence-corrected chi connectivity index (χ4v) is 4.48. The number of carbonyl (C=O) groups excluding carboxylic acids is 1. The first-order chi connectivity index (χ1) is 9.20. The minimum Gasteiger partial charge on any atom is -0.294 e. The van der Waals surface area contributed by atoms with Gasteiger partial charge in [-0.15, -0.1) is 0 Å². The van der Waals surface area contributed by atoms with Gasteiger partial charge in [0.2, 0.25) is 0 Å². The normalized spacial score (nSPS) is 31.1. The molecule has 1 nitrogen and oxygen atoms in total. The van der Waals surface area contributed by atoms with E-state index in [9.17, 15) is 18.0 Å². The molecule has 0 heterocycles. The summed E-state index contributed by atoms with van der Waals surface area (Å²) < 4.78 is 41.2. The molecule has 0 aromatic heterocycles. The molecule has 0 radical (unpaired) electrons. The SMILES string of the molecule is CC1(C)CCC[C@@]2(C)c3c(cc(F)c(F)c3F)C(=O)[C@@H]12. The molecule has 0 amide bonds. The molecular formula is C16H17F3O. The number of halogens is 3. The van der Waals surface area contributed by atoms with Crippen LogP contribution >= 0.6 is 0 Å². The number of benzene rings is 1. The lowest BCUT2D eigenvalue weighted by Gasteiger charge is -2.46. The van der Waals surface area contributed by atoms with Gasteiger partial charge in [0.05, 0.1) is 0 Å². The molecule has 108 valence electrons. The fourth-order valence-electron chi connectivity index (χ4n) is 4.48. The molecule has 3 rings (SSSR count). The zero-order valence-electron chi connectivity index (χ0n) is 11.8. The van der Waals surface area contributed by atoms with Crippen molar-refractivity contribution in [3.63, 3.8) is 0 Å². The fraction of sp³-hybridized carbons (Fsp3) is 0.562. The van der Waals surface area contributed by atoms with E-state index in [1.54, 1.807) is 0 Å². The second kappa shape index (κ2) is 3.86. The number of hydrogen-bond donors (Lipinski definition) is 0. The van der Waals surface area contributed by atoms with Crippen molar-refractivity contribution in [1.29, 1.82) is 0 Å². The Kier molecular flexibility index (Phi) is 2.64. The molecule has 0 unspecified atom stereocenters. The van der Waals surface area contributed by atoms with Crippen molar-refractivity contribution in [2.45, 2.75) is 45.4 Å². The van der Waals surface area contributed by atoms with E-state index in [0.29, 0.717) is 6.42 Å². The number of Topliss-reactive ketones (excluding diaryl/α,β-unsaturated/α-hetero) is 1. The van der Waals surface area contributed by atoms with Crippen LogP contribution in [0.1, 0.15) is 56.0 Å². The molecule has 0 bridgehead atoms. The topological polar surface area (TPSA) is 17.1 Å². The highest BCUT2D eigenvalue weighted by atomic mass is 19.2. The highest BCUT2D eigenvalue weighted by molar-refractivity contribution is 6.04. The molecule has 0 spiro atoms. The number of rotatable bonds is 0. The van der Waals surface area contributed by atoms with Crippen LogP contribution in [-0.4, -0.2) is 5.78 Å². The molecule has 0 aliphatic heterocycles. The second-order valence-corrected chi connectivity index (χ2v) is 6.97. The maximum absolute atomic E-state index is 14.2. The predicted octanol–water partition coefficient (Wildman–Crippen LogP) is 4.38. The minimum atomic E-state index is -1.47. The van der Waals surface area contributed by atoms with Gasteiger partial charge < -0.3 is 0 Å². The first kappa shape index (κ1) is 13.7. The van der Waals surface area contributed by atoms with Gasteiger partial charge >= 0.3 is 0 Å². The Labute approximate surface area is 116 Å². The van der Waals surface area contributed by atoms with Gasteiger partial charge in [-0.3, -0.25) is 4.79 Å². The molecule has 1 saturated carbocycles.